The van der Waals surface area contributed by atoms with Crippen molar-refractivity contribution < 1.29 is 13.9 Å². The third-order valence-electron chi connectivity index (χ3n) is 4.15. The zero-order valence-corrected chi connectivity index (χ0v) is 15.7. The highest BCUT2D eigenvalue weighted by Gasteiger charge is 2.10. The average Bonchev–Trinajstić information content (AvgIpc) is 2.70. The minimum Gasteiger partial charge on any atom is -0.495 e. The van der Waals surface area contributed by atoms with Crippen LogP contribution in [0.15, 0.2) is 54.6 Å². The molecule has 0 unspecified atom stereocenters. The van der Waals surface area contributed by atoms with Gasteiger partial charge in [0.25, 0.3) is 5.91 Å². The number of rotatable bonds is 7. The van der Waals surface area contributed by atoms with Crippen molar-refractivity contribution in [2.75, 3.05) is 19.0 Å². The fourth-order valence-electron chi connectivity index (χ4n) is 2.68. The molecule has 2 N–H and O–H groups in total. The SMILES string of the molecule is COc1ccc(C)cc1Nc1ccc(C(=O)NCCc2ccccc2F)nn1. The smallest absolute Gasteiger partial charge is 0.271 e. The zero-order chi connectivity index (χ0) is 19.9. The summed E-state index contributed by atoms with van der Waals surface area (Å²) in [5.41, 5.74) is 2.58. The Kier molecular flexibility index (Phi) is 6.16. The highest BCUT2D eigenvalue weighted by molar-refractivity contribution is 5.92. The number of halogens is 1. The first kappa shape index (κ1) is 19.3. The molecule has 7 heteroatoms. The Bertz CT molecular complexity index is 961. The minimum atomic E-state index is -0.358. The predicted octanol–water partition coefficient (Wildman–Crippen LogP) is 3.65. The van der Waals surface area contributed by atoms with Gasteiger partial charge >= 0.3 is 0 Å². The molecule has 0 radical (unpaired) electrons. The lowest BCUT2D eigenvalue weighted by Crippen LogP contribution is -2.27. The van der Waals surface area contributed by atoms with E-state index in [-0.39, 0.29) is 17.4 Å². The van der Waals surface area contributed by atoms with Crippen molar-refractivity contribution in [3.05, 3.63) is 77.2 Å². The molecule has 0 aliphatic heterocycles. The van der Waals surface area contributed by atoms with Crippen molar-refractivity contribution in [2.45, 2.75) is 13.3 Å². The van der Waals surface area contributed by atoms with Gasteiger partial charge in [-0.1, -0.05) is 24.3 Å². The van der Waals surface area contributed by atoms with Gasteiger partial charge in [-0.25, -0.2) is 4.39 Å². The van der Waals surface area contributed by atoms with E-state index < -0.39 is 0 Å². The second-order valence-electron chi connectivity index (χ2n) is 6.23. The Morgan fingerprint density at radius 1 is 1.11 bits per heavy atom. The quantitative estimate of drug-likeness (QED) is 0.654. The molecule has 1 heterocycles. The second-order valence-corrected chi connectivity index (χ2v) is 6.23. The Hall–Kier alpha value is -3.48. The number of carbonyl (C=O) groups is 1. The molecule has 0 atom stereocenters. The van der Waals surface area contributed by atoms with Crippen molar-refractivity contribution >= 4 is 17.4 Å². The molecule has 0 spiro atoms. The van der Waals surface area contributed by atoms with E-state index in [9.17, 15) is 9.18 Å². The number of aryl methyl sites for hydroxylation is 1. The molecule has 0 fully saturated rings. The fraction of sp³-hybridized carbons (Fsp3) is 0.190. The number of hydrogen-bond acceptors (Lipinski definition) is 5. The van der Waals surface area contributed by atoms with Crippen molar-refractivity contribution in [1.82, 2.24) is 15.5 Å². The monoisotopic (exact) mass is 380 g/mol. The summed E-state index contributed by atoms with van der Waals surface area (Å²) in [6.07, 6.45) is 0.401. The van der Waals surface area contributed by atoms with Crippen LogP contribution in [0.25, 0.3) is 0 Å². The van der Waals surface area contributed by atoms with Crippen LogP contribution in [-0.4, -0.2) is 29.8 Å². The number of benzene rings is 2. The number of hydrogen-bond donors (Lipinski definition) is 2. The molecule has 2 aromatic carbocycles. The lowest BCUT2D eigenvalue weighted by molar-refractivity contribution is 0.0948. The summed E-state index contributed by atoms with van der Waals surface area (Å²) in [6, 6.07) is 15.5. The average molecular weight is 380 g/mol. The molecule has 0 aliphatic rings. The first-order valence-electron chi connectivity index (χ1n) is 8.84. The molecule has 0 bridgehead atoms. The molecule has 0 aliphatic carbocycles. The Morgan fingerprint density at radius 2 is 1.93 bits per heavy atom. The number of aromatic nitrogens is 2. The first-order valence-corrected chi connectivity index (χ1v) is 8.84. The van der Waals surface area contributed by atoms with Crippen LogP contribution < -0.4 is 15.4 Å². The maximum absolute atomic E-state index is 13.6. The summed E-state index contributed by atoms with van der Waals surface area (Å²) in [4.78, 5) is 12.2. The predicted molar refractivity (Wildman–Crippen MR) is 105 cm³/mol. The Balaban J connectivity index is 1.58. The minimum absolute atomic E-state index is 0.190. The largest absolute Gasteiger partial charge is 0.495 e. The highest BCUT2D eigenvalue weighted by atomic mass is 19.1. The molecule has 144 valence electrons. The molecule has 3 rings (SSSR count). The van der Waals surface area contributed by atoms with Gasteiger partial charge in [0.05, 0.1) is 12.8 Å². The number of amides is 1. The maximum Gasteiger partial charge on any atom is 0.271 e. The van der Waals surface area contributed by atoms with Crippen LogP contribution in [-0.2, 0) is 6.42 Å². The molecular formula is C21H21FN4O2. The first-order chi connectivity index (χ1) is 13.6. The van der Waals surface area contributed by atoms with Gasteiger partial charge in [0.1, 0.15) is 11.6 Å². The normalized spacial score (nSPS) is 10.4. The standard InChI is InChI=1S/C21H21FN4O2/c1-14-7-9-19(28-2)18(13-14)24-20-10-8-17(25-26-20)21(27)23-12-11-15-5-3-4-6-16(15)22/h3-10,13H,11-12H2,1-2H3,(H,23,27)(H,24,26). The molecule has 3 aromatic rings. The lowest BCUT2D eigenvalue weighted by atomic mass is 10.1. The van der Waals surface area contributed by atoms with Crippen LogP contribution in [0, 0.1) is 12.7 Å². The van der Waals surface area contributed by atoms with Crippen molar-refractivity contribution in [3.8, 4) is 5.75 Å². The number of nitrogens with one attached hydrogen (secondary N) is 2. The van der Waals surface area contributed by atoms with Gasteiger partial charge in [-0.2, -0.15) is 0 Å². The van der Waals surface area contributed by atoms with E-state index in [2.05, 4.69) is 20.8 Å². The molecule has 0 saturated carbocycles. The number of ether oxygens (including phenoxy) is 1. The highest BCUT2D eigenvalue weighted by Crippen LogP contribution is 2.27. The molecule has 28 heavy (non-hydrogen) atoms. The Labute approximate surface area is 162 Å². The van der Waals surface area contributed by atoms with Crippen molar-refractivity contribution in [1.29, 1.82) is 0 Å². The van der Waals surface area contributed by atoms with Gasteiger partial charge < -0.3 is 15.4 Å². The van der Waals surface area contributed by atoms with E-state index in [4.69, 9.17) is 4.74 Å². The third-order valence-corrected chi connectivity index (χ3v) is 4.15. The van der Waals surface area contributed by atoms with E-state index in [0.29, 0.717) is 30.1 Å². The summed E-state index contributed by atoms with van der Waals surface area (Å²) in [5.74, 6) is 0.538. The summed E-state index contributed by atoms with van der Waals surface area (Å²) < 4.78 is 18.9. The maximum atomic E-state index is 13.6. The van der Waals surface area contributed by atoms with Crippen LogP contribution in [0.4, 0.5) is 15.9 Å². The van der Waals surface area contributed by atoms with E-state index in [1.165, 1.54) is 6.07 Å². The van der Waals surface area contributed by atoms with E-state index in [0.717, 1.165) is 11.3 Å². The van der Waals surface area contributed by atoms with Crippen LogP contribution >= 0.6 is 0 Å². The van der Waals surface area contributed by atoms with Crippen molar-refractivity contribution in [2.24, 2.45) is 0 Å². The molecule has 6 nitrogen and oxygen atoms in total. The van der Waals surface area contributed by atoms with Gasteiger partial charge in [-0.15, -0.1) is 10.2 Å². The van der Waals surface area contributed by atoms with Gasteiger partial charge in [-0.05, 0) is 54.8 Å². The summed E-state index contributed by atoms with van der Waals surface area (Å²) in [6.45, 7) is 2.28. The van der Waals surface area contributed by atoms with E-state index in [1.807, 2.05) is 25.1 Å². The van der Waals surface area contributed by atoms with Gasteiger partial charge in [-0.3, -0.25) is 4.79 Å². The van der Waals surface area contributed by atoms with Gasteiger partial charge in [0, 0.05) is 6.54 Å². The summed E-state index contributed by atoms with van der Waals surface area (Å²) in [5, 5.41) is 13.8. The van der Waals surface area contributed by atoms with Gasteiger partial charge in [0.2, 0.25) is 0 Å². The Morgan fingerprint density at radius 3 is 2.64 bits per heavy atom. The number of methoxy groups -OCH3 is 1. The topological polar surface area (TPSA) is 76.1 Å². The number of nitrogens with zero attached hydrogens (tertiary/aromatic N) is 2. The fourth-order valence-corrected chi connectivity index (χ4v) is 2.68. The van der Waals surface area contributed by atoms with Crippen molar-refractivity contribution in [3.63, 3.8) is 0 Å². The lowest BCUT2D eigenvalue weighted by Gasteiger charge is -2.11. The third kappa shape index (κ3) is 4.82. The van der Waals surface area contributed by atoms with E-state index >= 15 is 0 Å². The van der Waals surface area contributed by atoms with Crippen LogP contribution in [0.1, 0.15) is 21.6 Å². The van der Waals surface area contributed by atoms with Crippen LogP contribution in [0.5, 0.6) is 5.75 Å². The number of anilines is 2. The molecule has 1 amide bonds. The molecule has 1 aromatic heterocycles. The van der Waals surface area contributed by atoms with Crippen LogP contribution in [0.3, 0.4) is 0 Å². The second kappa shape index (κ2) is 8.94. The van der Waals surface area contributed by atoms with Gasteiger partial charge in [0.15, 0.2) is 11.5 Å². The molecular weight excluding hydrogens is 359 g/mol. The summed E-state index contributed by atoms with van der Waals surface area (Å²) in [7, 11) is 1.59. The van der Waals surface area contributed by atoms with Crippen LogP contribution in [0.2, 0.25) is 0 Å². The molecule has 0 saturated heterocycles. The zero-order valence-electron chi connectivity index (χ0n) is 15.7. The number of carbonyl (C=O) groups excluding carboxylic acids is 1. The van der Waals surface area contributed by atoms with E-state index in [1.54, 1.807) is 37.4 Å². The summed E-state index contributed by atoms with van der Waals surface area (Å²) >= 11 is 0.